The fourth-order valence-corrected chi connectivity index (χ4v) is 2.88. The third-order valence-electron chi connectivity index (χ3n) is 4.17. The summed E-state index contributed by atoms with van der Waals surface area (Å²) < 4.78 is 0. The largest absolute Gasteiger partial charge is 0.396 e. The molecule has 0 radical (unpaired) electrons. The molecular weight excluding hydrogens is 222 g/mol. The molecule has 100 valence electrons. The molecule has 1 unspecified atom stereocenters. The van der Waals surface area contributed by atoms with Crippen LogP contribution in [-0.4, -0.2) is 29.2 Å². The summed E-state index contributed by atoms with van der Waals surface area (Å²) in [6.45, 7) is 6.87. The van der Waals surface area contributed by atoms with Gasteiger partial charge >= 0.3 is 0 Å². The number of nitrogens with zero attached hydrogens (tertiary/aromatic N) is 1. The fraction of sp³-hybridized carbons (Fsp3) is 0.625. The number of likely N-dealkylation sites (tertiary alicyclic amines) is 1. The predicted molar refractivity (Wildman–Crippen MR) is 75.7 cm³/mol. The number of aliphatic hydroxyl groups excluding tert-OH is 1. The Morgan fingerprint density at radius 2 is 2.06 bits per heavy atom. The lowest BCUT2D eigenvalue weighted by atomic mass is 9.98. The van der Waals surface area contributed by atoms with Gasteiger partial charge in [-0.2, -0.15) is 0 Å². The quantitative estimate of drug-likeness (QED) is 0.884. The first-order valence-electron chi connectivity index (χ1n) is 7.11. The summed E-state index contributed by atoms with van der Waals surface area (Å²) in [5.74, 6) is 0. The molecule has 1 aliphatic heterocycles. The Morgan fingerprint density at radius 3 is 2.78 bits per heavy atom. The molecule has 1 heterocycles. The van der Waals surface area contributed by atoms with Crippen LogP contribution < -0.4 is 0 Å². The van der Waals surface area contributed by atoms with Gasteiger partial charge in [-0.3, -0.25) is 4.90 Å². The molecule has 2 nitrogen and oxygen atoms in total. The maximum atomic E-state index is 9.16. The zero-order valence-electron chi connectivity index (χ0n) is 11.7. The van der Waals surface area contributed by atoms with E-state index < -0.39 is 0 Å². The van der Waals surface area contributed by atoms with E-state index in [0.29, 0.717) is 12.6 Å². The summed E-state index contributed by atoms with van der Waals surface area (Å²) in [6.07, 6.45) is 4.77. The standard InChI is InChI=1S/C16H25NO/c1-13-6-7-15(11-14(13)2)12-17-9-4-3-5-16(17)8-10-18/h6-7,11,16,18H,3-5,8-10,12H2,1-2H3. The second kappa shape index (κ2) is 6.35. The number of aliphatic hydroxyl groups is 1. The Bertz CT molecular complexity index is 387. The Labute approximate surface area is 111 Å². The summed E-state index contributed by atoms with van der Waals surface area (Å²) in [4.78, 5) is 2.55. The highest BCUT2D eigenvalue weighted by molar-refractivity contribution is 5.29. The van der Waals surface area contributed by atoms with E-state index in [1.165, 1.54) is 42.5 Å². The van der Waals surface area contributed by atoms with Gasteiger partial charge in [-0.25, -0.2) is 0 Å². The number of piperidine rings is 1. The molecule has 1 saturated heterocycles. The fourth-order valence-electron chi connectivity index (χ4n) is 2.88. The Hall–Kier alpha value is -0.860. The van der Waals surface area contributed by atoms with Crippen LogP contribution in [-0.2, 0) is 6.54 Å². The average Bonchev–Trinajstić information content (AvgIpc) is 2.37. The molecule has 2 rings (SSSR count). The summed E-state index contributed by atoms with van der Waals surface area (Å²) in [6, 6.07) is 7.34. The van der Waals surface area contributed by atoms with Crippen molar-refractivity contribution in [1.29, 1.82) is 0 Å². The minimum absolute atomic E-state index is 0.314. The van der Waals surface area contributed by atoms with E-state index >= 15 is 0 Å². The molecule has 1 fully saturated rings. The molecule has 0 spiro atoms. The van der Waals surface area contributed by atoms with E-state index in [-0.39, 0.29) is 0 Å². The summed E-state index contributed by atoms with van der Waals surface area (Å²) in [7, 11) is 0. The minimum atomic E-state index is 0.314. The first-order valence-corrected chi connectivity index (χ1v) is 7.11. The van der Waals surface area contributed by atoms with E-state index in [2.05, 4.69) is 36.9 Å². The zero-order chi connectivity index (χ0) is 13.0. The first-order chi connectivity index (χ1) is 8.70. The number of rotatable bonds is 4. The lowest BCUT2D eigenvalue weighted by Crippen LogP contribution is -2.39. The normalized spacial score (nSPS) is 21.2. The maximum absolute atomic E-state index is 9.16. The van der Waals surface area contributed by atoms with Gasteiger partial charge in [-0.15, -0.1) is 0 Å². The third-order valence-corrected chi connectivity index (χ3v) is 4.17. The first kappa shape index (κ1) is 13.6. The lowest BCUT2D eigenvalue weighted by Gasteiger charge is -2.35. The maximum Gasteiger partial charge on any atom is 0.0445 e. The highest BCUT2D eigenvalue weighted by atomic mass is 16.3. The van der Waals surface area contributed by atoms with Crippen LogP contribution in [0.4, 0.5) is 0 Å². The van der Waals surface area contributed by atoms with Crippen molar-refractivity contribution in [3.8, 4) is 0 Å². The Balaban J connectivity index is 2.03. The molecule has 1 aromatic carbocycles. The summed E-state index contributed by atoms with van der Waals surface area (Å²) in [5.41, 5.74) is 4.15. The molecule has 0 aromatic heterocycles. The van der Waals surface area contributed by atoms with Crippen molar-refractivity contribution in [3.63, 3.8) is 0 Å². The van der Waals surface area contributed by atoms with Crippen molar-refractivity contribution in [2.45, 2.75) is 52.1 Å². The van der Waals surface area contributed by atoms with Gasteiger partial charge in [0.25, 0.3) is 0 Å². The Kier molecular flexibility index (Phi) is 4.79. The molecule has 1 aliphatic rings. The highest BCUT2D eigenvalue weighted by Crippen LogP contribution is 2.22. The monoisotopic (exact) mass is 247 g/mol. The second-order valence-electron chi connectivity index (χ2n) is 5.55. The second-order valence-corrected chi connectivity index (χ2v) is 5.55. The minimum Gasteiger partial charge on any atom is -0.396 e. The van der Waals surface area contributed by atoms with Crippen LogP contribution in [0, 0.1) is 13.8 Å². The smallest absolute Gasteiger partial charge is 0.0445 e. The van der Waals surface area contributed by atoms with E-state index in [0.717, 1.165) is 13.0 Å². The molecule has 0 bridgehead atoms. The van der Waals surface area contributed by atoms with Crippen LogP contribution >= 0.6 is 0 Å². The summed E-state index contributed by atoms with van der Waals surface area (Å²) >= 11 is 0. The van der Waals surface area contributed by atoms with Gasteiger partial charge in [0.05, 0.1) is 0 Å². The van der Waals surface area contributed by atoms with E-state index in [1.807, 2.05) is 0 Å². The zero-order valence-corrected chi connectivity index (χ0v) is 11.7. The van der Waals surface area contributed by atoms with Crippen molar-refractivity contribution in [2.24, 2.45) is 0 Å². The van der Waals surface area contributed by atoms with E-state index in [1.54, 1.807) is 0 Å². The van der Waals surface area contributed by atoms with Gasteiger partial charge in [-0.1, -0.05) is 24.6 Å². The molecule has 1 aromatic rings. The van der Waals surface area contributed by atoms with Gasteiger partial charge in [0, 0.05) is 19.2 Å². The SMILES string of the molecule is Cc1ccc(CN2CCCCC2CCO)cc1C. The highest BCUT2D eigenvalue weighted by Gasteiger charge is 2.21. The molecule has 0 amide bonds. The van der Waals surface area contributed by atoms with Gasteiger partial charge < -0.3 is 5.11 Å². The lowest BCUT2D eigenvalue weighted by molar-refractivity contribution is 0.112. The van der Waals surface area contributed by atoms with Crippen molar-refractivity contribution < 1.29 is 5.11 Å². The third kappa shape index (κ3) is 3.33. The predicted octanol–water partition coefficient (Wildman–Crippen LogP) is 3.04. The van der Waals surface area contributed by atoms with Crippen LogP contribution in [0.2, 0.25) is 0 Å². The van der Waals surface area contributed by atoms with Crippen LogP contribution in [0.5, 0.6) is 0 Å². The van der Waals surface area contributed by atoms with Crippen molar-refractivity contribution in [1.82, 2.24) is 4.90 Å². The van der Waals surface area contributed by atoms with Gasteiger partial charge in [0.1, 0.15) is 0 Å². The molecule has 2 heteroatoms. The van der Waals surface area contributed by atoms with Crippen LogP contribution in [0.3, 0.4) is 0 Å². The van der Waals surface area contributed by atoms with Crippen molar-refractivity contribution in [3.05, 3.63) is 34.9 Å². The van der Waals surface area contributed by atoms with Crippen molar-refractivity contribution >= 4 is 0 Å². The van der Waals surface area contributed by atoms with Crippen molar-refractivity contribution in [2.75, 3.05) is 13.2 Å². The van der Waals surface area contributed by atoms with Gasteiger partial charge in [0.2, 0.25) is 0 Å². The number of benzene rings is 1. The molecular formula is C16H25NO. The Morgan fingerprint density at radius 1 is 1.22 bits per heavy atom. The number of hydrogen-bond acceptors (Lipinski definition) is 2. The van der Waals surface area contributed by atoms with E-state index in [4.69, 9.17) is 5.11 Å². The molecule has 1 N–H and O–H groups in total. The number of aryl methyl sites for hydroxylation is 2. The topological polar surface area (TPSA) is 23.5 Å². The van der Waals surface area contributed by atoms with Crippen LogP contribution in [0.25, 0.3) is 0 Å². The summed E-state index contributed by atoms with van der Waals surface area (Å²) in [5, 5.41) is 9.16. The van der Waals surface area contributed by atoms with Crippen LogP contribution in [0.1, 0.15) is 42.4 Å². The van der Waals surface area contributed by atoms with Gasteiger partial charge in [-0.05, 0) is 56.3 Å². The molecule has 18 heavy (non-hydrogen) atoms. The van der Waals surface area contributed by atoms with E-state index in [9.17, 15) is 0 Å². The molecule has 0 aliphatic carbocycles. The molecule has 0 saturated carbocycles. The van der Waals surface area contributed by atoms with Gasteiger partial charge in [0.15, 0.2) is 0 Å². The average molecular weight is 247 g/mol. The molecule has 1 atom stereocenters. The number of hydrogen-bond donors (Lipinski definition) is 1. The van der Waals surface area contributed by atoms with Crippen LogP contribution in [0.15, 0.2) is 18.2 Å².